The number of carbonyl (C=O) groups is 2. The number of pyridine rings is 1. The van der Waals surface area contributed by atoms with Gasteiger partial charge in [-0.15, -0.1) is 0 Å². The van der Waals surface area contributed by atoms with Crippen LogP contribution in [0.4, 0.5) is 0 Å². The Balaban J connectivity index is 1.97. The molecule has 0 unspecified atom stereocenters. The van der Waals surface area contributed by atoms with Crippen molar-refractivity contribution in [2.24, 2.45) is 5.92 Å². The van der Waals surface area contributed by atoms with Crippen LogP contribution in [0, 0.1) is 17.8 Å². The average molecular weight is 458 g/mol. The Morgan fingerprint density at radius 2 is 2.12 bits per heavy atom. The second-order valence-corrected chi connectivity index (χ2v) is 9.32. The Kier molecular flexibility index (Phi) is 7.98. The molecule has 8 heteroatoms. The highest BCUT2D eigenvalue weighted by Crippen LogP contribution is 2.30. The summed E-state index contributed by atoms with van der Waals surface area (Å²) in [5.41, 5.74) is -0.202. The van der Waals surface area contributed by atoms with E-state index < -0.39 is 11.6 Å². The van der Waals surface area contributed by atoms with Crippen molar-refractivity contribution in [3.05, 3.63) is 23.4 Å². The summed E-state index contributed by atoms with van der Waals surface area (Å²) >= 11 is 0. The summed E-state index contributed by atoms with van der Waals surface area (Å²) in [6.45, 7) is 6.13. The van der Waals surface area contributed by atoms with Gasteiger partial charge in [0, 0.05) is 37.7 Å². The first kappa shape index (κ1) is 25.0. The van der Waals surface area contributed by atoms with Crippen LogP contribution in [0.1, 0.15) is 68.8 Å². The van der Waals surface area contributed by atoms with Gasteiger partial charge in [0.05, 0.1) is 19.2 Å². The Morgan fingerprint density at radius 1 is 1.42 bits per heavy atom. The predicted molar refractivity (Wildman–Crippen MR) is 124 cm³/mol. The van der Waals surface area contributed by atoms with Gasteiger partial charge in [0.1, 0.15) is 17.3 Å². The summed E-state index contributed by atoms with van der Waals surface area (Å²) in [4.78, 5) is 33.2. The zero-order valence-corrected chi connectivity index (χ0v) is 20.0. The van der Waals surface area contributed by atoms with E-state index in [0.29, 0.717) is 37.9 Å². The highest BCUT2D eigenvalue weighted by Gasteiger charge is 2.34. The minimum absolute atomic E-state index is 0.00756. The van der Waals surface area contributed by atoms with Gasteiger partial charge in [-0.1, -0.05) is 25.7 Å². The maximum absolute atomic E-state index is 13.4. The van der Waals surface area contributed by atoms with Crippen LogP contribution < -0.4 is 4.74 Å². The molecule has 0 aromatic carbocycles. The summed E-state index contributed by atoms with van der Waals surface area (Å²) in [5.74, 6) is 5.73. The van der Waals surface area contributed by atoms with Crippen LogP contribution in [0.15, 0.2) is 12.3 Å². The second-order valence-electron chi connectivity index (χ2n) is 9.32. The third-order valence-electron chi connectivity index (χ3n) is 6.57. The van der Waals surface area contributed by atoms with Gasteiger partial charge in [0.25, 0.3) is 5.91 Å². The van der Waals surface area contributed by atoms with Crippen LogP contribution >= 0.6 is 0 Å². The van der Waals surface area contributed by atoms with Crippen molar-refractivity contribution < 1.29 is 24.5 Å². The molecule has 1 aromatic heterocycles. The standard InChI is InChI=1S/C25H35N3O5/c1-5-22(30)27(4)15-21-17(2)14-28(18(3)16-29)24(31)20-12-19(13-26-23(20)33-21)8-11-25(32)9-6-7-10-25/h12-13,17-18,21,29,32H,5-7,9-10,14-16H2,1-4H3/t17-,18-,21-/m1/s1. The third kappa shape index (κ3) is 5.84. The number of hydrogen-bond acceptors (Lipinski definition) is 6. The van der Waals surface area contributed by atoms with Crippen molar-refractivity contribution in [2.45, 2.75) is 70.6 Å². The number of ether oxygens (including phenoxy) is 1. The number of aliphatic hydroxyl groups is 2. The topological polar surface area (TPSA) is 103 Å². The molecule has 8 nitrogen and oxygen atoms in total. The highest BCUT2D eigenvalue weighted by atomic mass is 16.5. The Labute approximate surface area is 195 Å². The maximum Gasteiger partial charge on any atom is 0.259 e. The number of fused-ring (bicyclic) bond motifs is 1. The fraction of sp³-hybridized carbons (Fsp3) is 0.640. The number of likely N-dealkylation sites (N-methyl/N-ethyl adjacent to an activating group) is 1. The first-order valence-electron chi connectivity index (χ1n) is 11.8. The van der Waals surface area contributed by atoms with Gasteiger partial charge in [0.2, 0.25) is 11.8 Å². The first-order chi connectivity index (χ1) is 15.7. The number of carbonyl (C=O) groups excluding carboxylic acids is 2. The maximum atomic E-state index is 13.4. The lowest BCUT2D eigenvalue weighted by atomic mass is 9.99. The van der Waals surface area contributed by atoms with Gasteiger partial charge >= 0.3 is 0 Å². The molecule has 2 amide bonds. The zero-order valence-electron chi connectivity index (χ0n) is 20.0. The molecule has 180 valence electrons. The summed E-state index contributed by atoms with van der Waals surface area (Å²) in [7, 11) is 1.74. The molecule has 3 atom stereocenters. The Morgan fingerprint density at radius 3 is 2.76 bits per heavy atom. The Hall–Kier alpha value is -2.63. The third-order valence-corrected chi connectivity index (χ3v) is 6.57. The number of nitrogens with zero attached hydrogens (tertiary/aromatic N) is 3. The number of hydrogen-bond donors (Lipinski definition) is 2. The normalized spacial score (nSPS) is 22.8. The van der Waals surface area contributed by atoms with Crippen molar-refractivity contribution in [3.63, 3.8) is 0 Å². The van der Waals surface area contributed by atoms with Gasteiger partial charge in [-0.2, -0.15) is 0 Å². The van der Waals surface area contributed by atoms with Crippen LogP contribution in [-0.4, -0.2) is 81.3 Å². The molecule has 33 heavy (non-hydrogen) atoms. The molecule has 2 aliphatic rings. The fourth-order valence-electron chi connectivity index (χ4n) is 4.30. The van der Waals surface area contributed by atoms with Gasteiger partial charge in [-0.05, 0) is 38.7 Å². The number of aromatic nitrogens is 1. The Bertz CT molecular complexity index is 932. The van der Waals surface area contributed by atoms with E-state index in [-0.39, 0.29) is 41.9 Å². The quantitative estimate of drug-likeness (QED) is 0.654. The van der Waals surface area contributed by atoms with E-state index in [1.165, 1.54) is 0 Å². The second kappa shape index (κ2) is 10.5. The lowest BCUT2D eigenvalue weighted by molar-refractivity contribution is -0.131. The van der Waals surface area contributed by atoms with E-state index in [2.05, 4.69) is 16.8 Å². The molecule has 0 spiro atoms. The summed E-state index contributed by atoms with van der Waals surface area (Å²) in [6.07, 6.45) is 4.74. The van der Waals surface area contributed by atoms with Gasteiger partial charge in [-0.3, -0.25) is 9.59 Å². The largest absolute Gasteiger partial charge is 0.472 e. The molecule has 1 fully saturated rings. The summed E-state index contributed by atoms with van der Waals surface area (Å²) in [6, 6.07) is 1.25. The van der Waals surface area contributed by atoms with Gasteiger partial charge < -0.3 is 24.7 Å². The summed E-state index contributed by atoms with van der Waals surface area (Å²) in [5, 5.41) is 20.3. The van der Waals surface area contributed by atoms with Crippen LogP contribution in [-0.2, 0) is 4.79 Å². The minimum atomic E-state index is -0.987. The molecule has 0 saturated heterocycles. The lowest BCUT2D eigenvalue weighted by Gasteiger charge is -2.37. The van der Waals surface area contributed by atoms with Crippen molar-refractivity contribution in [1.82, 2.24) is 14.8 Å². The van der Waals surface area contributed by atoms with Crippen molar-refractivity contribution in [1.29, 1.82) is 0 Å². The van der Waals surface area contributed by atoms with Crippen molar-refractivity contribution >= 4 is 11.8 Å². The SMILES string of the molecule is CCC(=O)N(C)C[C@H]1Oc2ncc(C#CC3(O)CCCC3)cc2C(=O)N([C@H](C)CO)C[C@H]1C. The number of amides is 2. The average Bonchev–Trinajstić information content (AvgIpc) is 3.25. The molecule has 3 rings (SSSR count). The molecule has 1 aliphatic carbocycles. The zero-order chi connectivity index (χ0) is 24.2. The lowest BCUT2D eigenvalue weighted by Crippen LogP contribution is -2.50. The smallest absolute Gasteiger partial charge is 0.259 e. The molecular formula is C25H35N3O5. The van der Waals surface area contributed by atoms with Crippen LogP contribution in [0.2, 0.25) is 0 Å². The van der Waals surface area contributed by atoms with Crippen molar-refractivity contribution in [2.75, 3.05) is 26.7 Å². The van der Waals surface area contributed by atoms with Crippen LogP contribution in [0.25, 0.3) is 0 Å². The summed E-state index contributed by atoms with van der Waals surface area (Å²) < 4.78 is 6.19. The van der Waals surface area contributed by atoms with E-state index in [1.807, 2.05) is 13.8 Å². The van der Waals surface area contributed by atoms with E-state index >= 15 is 0 Å². The number of rotatable bonds is 5. The number of aliphatic hydroxyl groups excluding tert-OH is 1. The molecule has 1 aromatic rings. The molecular weight excluding hydrogens is 422 g/mol. The molecule has 2 heterocycles. The predicted octanol–water partition coefficient (Wildman–Crippen LogP) is 1.83. The highest BCUT2D eigenvalue weighted by molar-refractivity contribution is 5.97. The molecule has 1 aliphatic heterocycles. The van der Waals surface area contributed by atoms with Crippen LogP contribution in [0.5, 0.6) is 5.88 Å². The van der Waals surface area contributed by atoms with E-state index in [1.54, 1.807) is 36.0 Å². The minimum Gasteiger partial charge on any atom is -0.472 e. The fourth-order valence-corrected chi connectivity index (χ4v) is 4.30. The van der Waals surface area contributed by atoms with E-state index in [9.17, 15) is 19.8 Å². The van der Waals surface area contributed by atoms with Crippen molar-refractivity contribution in [3.8, 4) is 17.7 Å². The van der Waals surface area contributed by atoms with E-state index in [4.69, 9.17) is 4.74 Å². The molecule has 1 saturated carbocycles. The molecule has 2 N–H and O–H groups in total. The monoisotopic (exact) mass is 457 g/mol. The van der Waals surface area contributed by atoms with E-state index in [0.717, 1.165) is 12.8 Å². The van der Waals surface area contributed by atoms with Gasteiger partial charge in [0.15, 0.2) is 0 Å². The van der Waals surface area contributed by atoms with Gasteiger partial charge in [-0.25, -0.2) is 4.98 Å². The first-order valence-corrected chi connectivity index (χ1v) is 11.8. The molecule has 0 radical (unpaired) electrons. The molecule has 0 bridgehead atoms. The van der Waals surface area contributed by atoms with Crippen LogP contribution in [0.3, 0.4) is 0 Å².